The summed E-state index contributed by atoms with van der Waals surface area (Å²) in [5, 5.41) is 5.16. The summed E-state index contributed by atoms with van der Waals surface area (Å²) < 4.78 is 5.18. The number of benzene rings is 10. The predicted molar refractivity (Wildman–Crippen MR) is 281 cm³/mol. The van der Waals surface area contributed by atoms with Crippen molar-refractivity contribution in [3.63, 3.8) is 0 Å². The van der Waals surface area contributed by atoms with Gasteiger partial charge in [0, 0.05) is 58.9 Å². The van der Waals surface area contributed by atoms with Gasteiger partial charge in [0.15, 0.2) is 0 Å². The van der Waals surface area contributed by atoms with Crippen molar-refractivity contribution in [1.82, 2.24) is 4.57 Å². The van der Waals surface area contributed by atoms with Crippen LogP contribution < -0.4 is 4.90 Å². The molecule has 67 heavy (non-hydrogen) atoms. The largest absolute Gasteiger partial charge is 0.310 e. The van der Waals surface area contributed by atoms with Crippen LogP contribution in [0.4, 0.5) is 17.1 Å². The minimum absolute atomic E-state index is 0.317. The van der Waals surface area contributed by atoms with Gasteiger partial charge in [0.2, 0.25) is 0 Å². The summed E-state index contributed by atoms with van der Waals surface area (Å²) >= 11 is 1.89. The van der Waals surface area contributed by atoms with Crippen molar-refractivity contribution in [3.8, 4) is 50.2 Å². The molecule has 0 N–H and O–H groups in total. The summed E-state index contributed by atoms with van der Waals surface area (Å²) in [6.07, 6.45) is 0. The molecule has 3 aliphatic carbocycles. The Hall–Kier alpha value is -7.98. The smallest absolute Gasteiger partial charge is 0.0725 e. The first-order valence-electron chi connectivity index (χ1n) is 23.5. The minimum atomic E-state index is -0.412. The maximum Gasteiger partial charge on any atom is 0.0725 e. The van der Waals surface area contributed by atoms with E-state index in [0.717, 1.165) is 11.4 Å². The van der Waals surface area contributed by atoms with Gasteiger partial charge in [-0.15, -0.1) is 11.3 Å². The Morgan fingerprint density at radius 3 is 1.75 bits per heavy atom. The third-order valence-electron chi connectivity index (χ3n) is 16.1. The molecule has 1 spiro atoms. The van der Waals surface area contributed by atoms with Gasteiger partial charge in [-0.25, -0.2) is 0 Å². The third-order valence-corrected chi connectivity index (χ3v) is 17.2. The van der Waals surface area contributed by atoms with Gasteiger partial charge in [0.25, 0.3) is 0 Å². The van der Waals surface area contributed by atoms with E-state index in [1.165, 1.54) is 131 Å². The molecule has 0 atom stereocenters. The number of hydrogen-bond acceptors (Lipinski definition) is 2. The Balaban J connectivity index is 1.04. The van der Waals surface area contributed by atoms with Crippen LogP contribution in [0.5, 0.6) is 0 Å². The van der Waals surface area contributed by atoms with Gasteiger partial charge < -0.3 is 9.47 Å². The first-order chi connectivity index (χ1) is 33.0. The molecule has 2 nitrogen and oxygen atoms in total. The Kier molecular flexibility index (Phi) is 6.75. The summed E-state index contributed by atoms with van der Waals surface area (Å²) in [4.78, 5) is 2.62. The van der Waals surface area contributed by atoms with Crippen LogP contribution in [0.3, 0.4) is 0 Å². The van der Waals surface area contributed by atoms with Crippen molar-refractivity contribution < 1.29 is 0 Å². The second-order valence-corrected chi connectivity index (χ2v) is 20.6. The van der Waals surface area contributed by atoms with Crippen LogP contribution in [0.15, 0.2) is 206 Å². The minimum Gasteiger partial charge on any atom is -0.310 e. The second kappa shape index (κ2) is 12.5. The highest BCUT2D eigenvalue weighted by molar-refractivity contribution is 7.25. The molecule has 10 aromatic carbocycles. The zero-order valence-electron chi connectivity index (χ0n) is 36.9. The van der Waals surface area contributed by atoms with Crippen LogP contribution in [-0.2, 0) is 10.8 Å². The van der Waals surface area contributed by atoms with E-state index >= 15 is 0 Å². The van der Waals surface area contributed by atoms with Gasteiger partial charge in [-0.3, -0.25) is 0 Å². The number of fused-ring (bicyclic) bond motifs is 19. The predicted octanol–water partition coefficient (Wildman–Crippen LogP) is 17.3. The lowest BCUT2D eigenvalue weighted by Crippen LogP contribution is -2.26. The summed E-state index contributed by atoms with van der Waals surface area (Å²) in [5.74, 6) is 0. The number of para-hydroxylation sites is 2. The normalized spacial score (nSPS) is 14.7. The molecular formula is C64H40N2S. The molecule has 4 aliphatic rings. The van der Waals surface area contributed by atoms with Gasteiger partial charge in [-0.05, 0) is 115 Å². The molecule has 3 heteroatoms. The fourth-order valence-electron chi connectivity index (χ4n) is 13.5. The van der Waals surface area contributed by atoms with E-state index in [9.17, 15) is 0 Å². The zero-order chi connectivity index (χ0) is 43.9. The maximum absolute atomic E-state index is 2.62. The zero-order valence-corrected chi connectivity index (χ0v) is 37.7. The molecule has 0 unspecified atom stereocenters. The molecule has 12 aromatic rings. The lowest BCUT2D eigenvalue weighted by molar-refractivity contribution is 0.661. The highest BCUT2D eigenvalue weighted by Gasteiger charge is 2.52. The van der Waals surface area contributed by atoms with Crippen LogP contribution >= 0.6 is 11.3 Å². The molecule has 3 heterocycles. The monoisotopic (exact) mass is 868 g/mol. The van der Waals surface area contributed by atoms with E-state index in [1.54, 1.807) is 0 Å². The fourth-order valence-corrected chi connectivity index (χ4v) is 14.7. The number of nitrogens with zero attached hydrogens (tertiary/aromatic N) is 2. The SMILES string of the molecule is CC1(C)c2cccc3c2-c2c1c(N(c1ccc4c(c1)-c1ccccc1C41c4ccccc4-c4ccccc41)c1ccc4c(c1)sc1ccccc14)cc1c4ccccc4n(c21)-c1ccccc1-3. The van der Waals surface area contributed by atoms with Crippen molar-refractivity contribution in [1.29, 1.82) is 0 Å². The maximum atomic E-state index is 2.62. The molecule has 1 aliphatic heterocycles. The Bertz CT molecular complexity index is 4170. The molecule has 0 radical (unpaired) electrons. The van der Waals surface area contributed by atoms with Crippen molar-refractivity contribution in [2.24, 2.45) is 0 Å². The Labute approximate surface area is 392 Å². The molecule has 2 aromatic heterocycles. The van der Waals surface area contributed by atoms with Crippen molar-refractivity contribution >= 4 is 70.4 Å². The average Bonchev–Trinajstić information content (AvgIpc) is 4.12. The Morgan fingerprint density at radius 2 is 0.970 bits per heavy atom. The van der Waals surface area contributed by atoms with Crippen molar-refractivity contribution in [3.05, 3.63) is 240 Å². The molecule has 0 fully saturated rings. The summed E-state index contributed by atoms with van der Waals surface area (Å²) in [6.45, 7) is 4.92. The standard InChI is InChI=1S/C64H40N2S/c1-63(2)53-26-15-22-46-42-19-6-12-27-54(42)66-55-28-13-7-20-43(55)48-36-56(61(63)60(59(46)53)62(48)66)65(38-30-32-45-44-21-8-14-29-57(44)67-58(45)35-38)37-31-33-52-47(34-37)41-18-5-11-25-51(41)64(52)49-23-9-3-16-39(49)40-17-4-10-24-50(40)64/h3-36H,1-2H3. The molecule has 0 amide bonds. The molecular weight excluding hydrogens is 829 g/mol. The van der Waals surface area contributed by atoms with E-state index in [0.29, 0.717) is 0 Å². The quantitative estimate of drug-likeness (QED) is 0.172. The average molecular weight is 869 g/mol. The topological polar surface area (TPSA) is 8.17 Å². The van der Waals surface area contributed by atoms with Gasteiger partial charge in [0.1, 0.15) is 0 Å². The third kappa shape index (κ3) is 4.29. The van der Waals surface area contributed by atoms with Gasteiger partial charge in [-0.2, -0.15) is 0 Å². The van der Waals surface area contributed by atoms with E-state index in [2.05, 4.69) is 230 Å². The number of thiophene rings is 1. The Morgan fingerprint density at radius 1 is 0.403 bits per heavy atom. The molecule has 0 saturated heterocycles. The molecule has 312 valence electrons. The second-order valence-electron chi connectivity index (χ2n) is 19.5. The van der Waals surface area contributed by atoms with Crippen LogP contribution in [0.2, 0.25) is 0 Å². The number of aromatic nitrogens is 1. The first-order valence-corrected chi connectivity index (χ1v) is 24.3. The molecule has 0 saturated carbocycles. The van der Waals surface area contributed by atoms with E-state index < -0.39 is 5.41 Å². The van der Waals surface area contributed by atoms with Crippen LogP contribution in [0.1, 0.15) is 47.2 Å². The number of anilines is 3. The molecule has 0 bridgehead atoms. The molecule has 16 rings (SSSR count). The van der Waals surface area contributed by atoms with Crippen LogP contribution in [-0.4, -0.2) is 4.57 Å². The van der Waals surface area contributed by atoms with Crippen molar-refractivity contribution in [2.75, 3.05) is 4.90 Å². The summed E-state index contributed by atoms with van der Waals surface area (Å²) in [7, 11) is 0. The highest BCUT2D eigenvalue weighted by Crippen LogP contribution is 2.65. The van der Waals surface area contributed by atoms with Gasteiger partial charge in [-0.1, -0.05) is 172 Å². The van der Waals surface area contributed by atoms with E-state index in [-0.39, 0.29) is 5.41 Å². The van der Waals surface area contributed by atoms with Crippen LogP contribution in [0, 0.1) is 0 Å². The van der Waals surface area contributed by atoms with E-state index in [1.807, 2.05) is 11.3 Å². The highest BCUT2D eigenvalue weighted by atomic mass is 32.1. The van der Waals surface area contributed by atoms with Gasteiger partial charge >= 0.3 is 0 Å². The van der Waals surface area contributed by atoms with Crippen molar-refractivity contribution in [2.45, 2.75) is 24.7 Å². The first kappa shape index (κ1) is 36.3. The van der Waals surface area contributed by atoms with Crippen LogP contribution in [0.25, 0.3) is 92.2 Å². The number of rotatable bonds is 3. The fraction of sp³-hybridized carbons (Fsp3) is 0.0625. The lowest BCUT2D eigenvalue weighted by Gasteiger charge is -2.33. The summed E-state index contributed by atoms with van der Waals surface area (Å²) in [5.41, 5.74) is 25.3. The number of hydrogen-bond donors (Lipinski definition) is 0. The lowest BCUT2D eigenvalue weighted by atomic mass is 9.70. The van der Waals surface area contributed by atoms with Gasteiger partial charge in [0.05, 0.1) is 27.8 Å². The summed E-state index contributed by atoms with van der Waals surface area (Å²) in [6, 6.07) is 78.6. The van der Waals surface area contributed by atoms with E-state index in [4.69, 9.17) is 0 Å².